The van der Waals surface area contributed by atoms with Crippen molar-refractivity contribution in [2.24, 2.45) is 0 Å². The zero-order valence-corrected chi connectivity index (χ0v) is 11.1. The van der Waals surface area contributed by atoms with Crippen molar-refractivity contribution in [2.75, 3.05) is 19.0 Å². The number of nitrogens with zero attached hydrogens (tertiary/aromatic N) is 1. The second-order valence-corrected chi connectivity index (χ2v) is 4.24. The van der Waals surface area contributed by atoms with Gasteiger partial charge in [-0.2, -0.15) is 0 Å². The number of ether oxygens (including phenoxy) is 1. The Kier molecular flexibility index (Phi) is 5.58. The molecule has 0 saturated heterocycles. The Bertz CT molecular complexity index is 405. The van der Waals surface area contributed by atoms with Crippen molar-refractivity contribution < 1.29 is 14.6 Å². The van der Waals surface area contributed by atoms with Gasteiger partial charge in [0, 0.05) is 6.54 Å². The highest BCUT2D eigenvalue weighted by Crippen LogP contribution is 2.11. The van der Waals surface area contributed by atoms with E-state index in [-0.39, 0.29) is 12.1 Å². The van der Waals surface area contributed by atoms with Crippen molar-refractivity contribution >= 4 is 11.8 Å². The average molecular weight is 252 g/mol. The van der Waals surface area contributed by atoms with E-state index in [1.807, 2.05) is 0 Å². The van der Waals surface area contributed by atoms with Crippen LogP contribution in [0.2, 0.25) is 0 Å². The molecule has 0 aliphatic rings. The van der Waals surface area contributed by atoms with Crippen molar-refractivity contribution in [3.05, 3.63) is 23.4 Å². The molecule has 0 aliphatic carbocycles. The van der Waals surface area contributed by atoms with Crippen LogP contribution in [0.15, 0.2) is 12.1 Å². The third-order valence-corrected chi connectivity index (χ3v) is 2.60. The highest BCUT2D eigenvalue weighted by atomic mass is 16.5. The highest BCUT2D eigenvalue weighted by molar-refractivity contribution is 5.90. The molecule has 0 spiro atoms. The number of carbonyl (C=O) groups is 1. The van der Waals surface area contributed by atoms with Crippen LogP contribution in [0.1, 0.15) is 35.8 Å². The van der Waals surface area contributed by atoms with Crippen molar-refractivity contribution in [3.8, 4) is 0 Å². The first kappa shape index (κ1) is 14.4. The molecule has 0 fully saturated rings. The summed E-state index contributed by atoms with van der Waals surface area (Å²) in [7, 11) is 1.35. The van der Waals surface area contributed by atoms with Gasteiger partial charge in [0.15, 0.2) is 0 Å². The van der Waals surface area contributed by atoms with Crippen LogP contribution in [0, 0.1) is 6.92 Å². The Hall–Kier alpha value is -1.62. The molecular weight excluding hydrogens is 232 g/mol. The third-order valence-electron chi connectivity index (χ3n) is 2.60. The van der Waals surface area contributed by atoms with Crippen LogP contribution >= 0.6 is 0 Å². The first-order chi connectivity index (χ1) is 8.54. The summed E-state index contributed by atoms with van der Waals surface area (Å²) in [5.74, 6) is 0.353. The number of nitrogens with one attached hydrogen (secondary N) is 1. The zero-order chi connectivity index (χ0) is 13.5. The summed E-state index contributed by atoms with van der Waals surface area (Å²) in [5, 5.41) is 12.3. The minimum atomic E-state index is -0.374. The summed E-state index contributed by atoms with van der Waals surface area (Å²) >= 11 is 0. The fourth-order valence-electron chi connectivity index (χ4n) is 1.60. The van der Waals surface area contributed by atoms with Crippen molar-refractivity contribution in [1.29, 1.82) is 0 Å². The minimum Gasteiger partial charge on any atom is -0.465 e. The van der Waals surface area contributed by atoms with E-state index in [4.69, 9.17) is 5.11 Å². The van der Waals surface area contributed by atoms with Crippen LogP contribution in [0.3, 0.4) is 0 Å². The number of anilines is 1. The Labute approximate surface area is 107 Å². The van der Waals surface area contributed by atoms with Crippen LogP contribution in [-0.4, -0.2) is 35.8 Å². The van der Waals surface area contributed by atoms with Gasteiger partial charge in [0.25, 0.3) is 0 Å². The van der Waals surface area contributed by atoms with Crippen LogP contribution < -0.4 is 5.32 Å². The van der Waals surface area contributed by atoms with E-state index in [1.54, 1.807) is 26.0 Å². The van der Waals surface area contributed by atoms with Gasteiger partial charge in [0.05, 0.1) is 24.5 Å². The van der Waals surface area contributed by atoms with E-state index in [0.29, 0.717) is 11.3 Å². The second kappa shape index (κ2) is 6.96. The maximum atomic E-state index is 11.4. The summed E-state index contributed by atoms with van der Waals surface area (Å²) in [4.78, 5) is 15.7. The first-order valence-corrected chi connectivity index (χ1v) is 6.02. The lowest BCUT2D eigenvalue weighted by molar-refractivity contribution is 0.0599. The molecule has 1 aromatic rings. The molecule has 1 unspecified atom stereocenters. The summed E-state index contributed by atoms with van der Waals surface area (Å²) in [6.07, 6.45) is 1.35. The van der Waals surface area contributed by atoms with Gasteiger partial charge >= 0.3 is 5.97 Å². The molecule has 0 amide bonds. The lowest BCUT2D eigenvalue weighted by atomic mass is 10.2. The molecule has 0 aliphatic heterocycles. The third kappa shape index (κ3) is 4.33. The number of aliphatic hydroxyl groups is 1. The lowest BCUT2D eigenvalue weighted by Crippen LogP contribution is -2.10. The Morgan fingerprint density at radius 2 is 2.28 bits per heavy atom. The van der Waals surface area contributed by atoms with Gasteiger partial charge < -0.3 is 15.2 Å². The highest BCUT2D eigenvalue weighted by Gasteiger charge is 2.10. The molecule has 5 heteroatoms. The molecule has 18 heavy (non-hydrogen) atoms. The van der Waals surface area contributed by atoms with E-state index < -0.39 is 0 Å². The summed E-state index contributed by atoms with van der Waals surface area (Å²) < 4.78 is 4.65. The molecule has 0 radical (unpaired) electrons. The topological polar surface area (TPSA) is 71.5 Å². The van der Waals surface area contributed by atoms with E-state index >= 15 is 0 Å². The predicted molar refractivity (Wildman–Crippen MR) is 69.7 cm³/mol. The largest absolute Gasteiger partial charge is 0.465 e. The molecule has 0 bridgehead atoms. The van der Waals surface area contributed by atoms with Crippen LogP contribution in [0.5, 0.6) is 0 Å². The number of methoxy groups -OCH3 is 1. The van der Waals surface area contributed by atoms with Gasteiger partial charge in [-0.25, -0.2) is 9.78 Å². The Balaban J connectivity index is 2.54. The van der Waals surface area contributed by atoms with Gasteiger partial charge in [0.1, 0.15) is 5.82 Å². The van der Waals surface area contributed by atoms with E-state index in [2.05, 4.69) is 15.0 Å². The number of aryl methyl sites for hydroxylation is 1. The number of aromatic nitrogens is 1. The molecule has 1 aromatic heterocycles. The standard InChI is InChI=1S/C13H20N2O3/c1-9(16)5-4-8-14-12-7-6-11(10(2)15-12)13(17)18-3/h6-7,9,16H,4-5,8H2,1-3H3,(H,14,15). The Morgan fingerprint density at radius 3 is 2.83 bits per heavy atom. The Morgan fingerprint density at radius 1 is 1.56 bits per heavy atom. The number of hydrogen-bond acceptors (Lipinski definition) is 5. The number of carbonyl (C=O) groups excluding carboxylic acids is 1. The number of aliphatic hydroxyl groups excluding tert-OH is 1. The molecule has 1 atom stereocenters. The molecule has 5 nitrogen and oxygen atoms in total. The lowest BCUT2D eigenvalue weighted by Gasteiger charge is -2.09. The van der Waals surface area contributed by atoms with Crippen LogP contribution in [-0.2, 0) is 4.74 Å². The van der Waals surface area contributed by atoms with Gasteiger partial charge in [-0.05, 0) is 38.8 Å². The van der Waals surface area contributed by atoms with Crippen LogP contribution in [0.4, 0.5) is 5.82 Å². The number of rotatable bonds is 6. The minimum absolute atomic E-state index is 0.275. The normalized spacial score (nSPS) is 12.0. The fourth-order valence-corrected chi connectivity index (χ4v) is 1.60. The van der Waals surface area contributed by atoms with Gasteiger partial charge in [0.2, 0.25) is 0 Å². The number of hydrogen-bond donors (Lipinski definition) is 2. The molecule has 100 valence electrons. The fraction of sp³-hybridized carbons (Fsp3) is 0.538. The SMILES string of the molecule is COC(=O)c1ccc(NCCCC(C)O)nc1C. The van der Waals surface area contributed by atoms with E-state index in [0.717, 1.165) is 25.2 Å². The summed E-state index contributed by atoms with van der Waals surface area (Å²) in [6, 6.07) is 3.45. The summed E-state index contributed by atoms with van der Waals surface area (Å²) in [6.45, 7) is 4.29. The maximum Gasteiger partial charge on any atom is 0.339 e. The molecule has 0 aromatic carbocycles. The smallest absolute Gasteiger partial charge is 0.339 e. The van der Waals surface area contributed by atoms with Crippen molar-refractivity contribution in [3.63, 3.8) is 0 Å². The van der Waals surface area contributed by atoms with Gasteiger partial charge in [-0.1, -0.05) is 0 Å². The molecule has 2 N–H and O–H groups in total. The summed E-state index contributed by atoms with van der Waals surface area (Å²) in [5.41, 5.74) is 1.12. The second-order valence-electron chi connectivity index (χ2n) is 4.24. The van der Waals surface area contributed by atoms with Gasteiger partial charge in [-0.3, -0.25) is 0 Å². The van der Waals surface area contributed by atoms with Gasteiger partial charge in [-0.15, -0.1) is 0 Å². The maximum absolute atomic E-state index is 11.4. The van der Waals surface area contributed by atoms with Crippen molar-refractivity contribution in [2.45, 2.75) is 32.8 Å². The van der Waals surface area contributed by atoms with E-state index in [1.165, 1.54) is 7.11 Å². The average Bonchev–Trinajstić information content (AvgIpc) is 2.33. The molecule has 0 saturated carbocycles. The first-order valence-electron chi connectivity index (χ1n) is 6.02. The quantitative estimate of drug-likeness (QED) is 0.596. The van der Waals surface area contributed by atoms with Crippen LogP contribution in [0.25, 0.3) is 0 Å². The molecular formula is C13H20N2O3. The molecule has 1 rings (SSSR count). The van der Waals surface area contributed by atoms with Crippen molar-refractivity contribution in [1.82, 2.24) is 4.98 Å². The molecule has 1 heterocycles. The van der Waals surface area contributed by atoms with E-state index in [9.17, 15) is 4.79 Å². The zero-order valence-electron chi connectivity index (χ0n) is 11.1. The predicted octanol–water partition coefficient (Wildman–Crippen LogP) is 1.75. The number of pyridine rings is 1. The number of esters is 1. The monoisotopic (exact) mass is 252 g/mol.